The standard InChI is InChI=1S/C23H20F3N3O4/c1-14-11-18(30)21(28-29(14)17-4-2-3-16(13-17)23(24,25)26)22(31)27-8-7-15-5-6-19-20(12-15)33-10-9-32-19/h2-6,11-13H,7-10H2,1H3,(H,27,31). The molecule has 33 heavy (non-hydrogen) atoms. The van der Waals surface area contributed by atoms with Crippen molar-refractivity contribution in [2.24, 2.45) is 0 Å². The molecule has 2 heterocycles. The molecule has 2 aromatic carbocycles. The number of ether oxygens (including phenoxy) is 2. The molecule has 0 bridgehead atoms. The van der Waals surface area contributed by atoms with Crippen LogP contribution in [-0.2, 0) is 12.6 Å². The summed E-state index contributed by atoms with van der Waals surface area (Å²) in [5, 5.41) is 6.67. The molecule has 1 aromatic heterocycles. The van der Waals surface area contributed by atoms with Gasteiger partial charge in [0.05, 0.1) is 11.3 Å². The van der Waals surface area contributed by atoms with E-state index in [1.165, 1.54) is 25.1 Å². The van der Waals surface area contributed by atoms with Crippen LogP contribution in [0.1, 0.15) is 27.3 Å². The first-order valence-corrected chi connectivity index (χ1v) is 10.2. The van der Waals surface area contributed by atoms with Gasteiger partial charge in [0.15, 0.2) is 17.2 Å². The first-order chi connectivity index (χ1) is 15.7. The normalized spacial score (nSPS) is 13.0. The van der Waals surface area contributed by atoms with Crippen molar-refractivity contribution in [1.82, 2.24) is 15.1 Å². The number of hydrogen-bond donors (Lipinski definition) is 1. The summed E-state index contributed by atoms with van der Waals surface area (Å²) in [6.07, 6.45) is -4.06. The van der Waals surface area contributed by atoms with E-state index >= 15 is 0 Å². The van der Waals surface area contributed by atoms with Gasteiger partial charge in [-0.15, -0.1) is 0 Å². The van der Waals surface area contributed by atoms with E-state index in [4.69, 9.17) is 9.47 Å². The zero-order valence-corrected chi connectivity index (χ0v) is 17.6. The molecule has 0 radical (unpaired) electrons. The molecule has 10 heteroatoms. The summed E-state index contributed by atoms with van der Waals surface area (Å²) in [6, 6.07) is 11.1. The van der Waals surface area contributed by atoms with Crippen LogP contribution in [0.25, 0.3) is 5.69 Å². The van der Waals surface area contributed by atoms with Crippen molar-refractivity contribution in [3.05, 3.63) is 81.3 Å². The van der Waals surface area contributed by atoms with Crippen LogP contribution >= 0.6 is 0 Å². The molecule has 0 fully saturated rings. The van der Waals surface area contributed by atoms with Crippen molar-refractivity contribution in [2.45, 2.75) is 19.5 Å². The van der Waals surface area contributed by atoms with Gasteiger partial charge in [-0.2, -0.15) is 18.3 Å². The largest absolute Gasteiger partial charge is 0.486 e. The second-order valence-electron chi connectivity index (χ2n) is 7.44. The molecule has 1 amide bonds. The average Bonchev–Trinajstić information content (AvgIpc) is 2.78. The number of alkyl halides is 3. The summed E-state index contributed by atoms with van der Waals surface area (Å²) in [5.41, 5.74) is -0.587. The SMILES string of the molecule is Cc1cc(=O)c(C(=O)NCCc2ccc3c(c2)OCCO3)nn1-c1cccc(C(F)(F)F)c1. The van der Waals surface area contributed by atoms with Crippen LogP contribution in [0, 0.1) is 6.92 Å². The zero-order valence-electron chi connectivity index (χ0n) is 17.6. The van der Waals surface area contributed by atoms with Crippen molar-refractivity contribution >= 4 is 5.91 Å². The van der Waals surface area contributed by atoms with Crippen LogP contribution in [0.2, 0.25) is 0 Å². The smallest absolute Gasteiger partial charge is 0.416 e. The summed E-state index contributed by atoms with van der Waals surface area (Å²) >= 11 is 0. The number of benzene rings is 2. The molecule has 0 aliphatic carbocycles. The van der Waals surface area contributed by atoms with E-state index in [2.05, 4.69) is 10.4 Å². The fraction of sp³-hybridized carbons (Fsp3) is 0.261. The van der Waals surface area contributed by atoms with E-state index in [0.717, 1.165) is 22.4 Å². The molecular weight excluding hydrogens is 439 g/mol. The average molecular weight is 459 g/mol. The Kier molecular flexibility index (Phi) is 6.08. The number of aryl methyl sites for hydroxylation is 1. The predicted molar refractivity (Wildman–Crippen MR) is 113 cm³/mol. The summed E-state index contributed by atoms with van der Waals surface area (Å²) in [5.74, 6) is 0.584. The van der Waals surface area contributed by atoms with Crippen LogP contribution in [0.15, 0.2) is 53.3 Å². The van der Waals surface area contributed by atoms with Crippen molar-refractivity contribution in [2.75, 3.05) is 19.8 Å². The Labute approximate surface area is 186 Å². The highest BCUT2D eigenvalue weighted by Gasteiger charge is 2.30. The highest BCUT2D eigenvalue weighted by atomic mass is 19.4. The van der Waals surface area contributed by atoms with Crippen LogP contribution in [0.3, 0.4) is 0 Å². The number of rotatable bonds is 5. The molecule has 172 valence electrons. The maximum atomic E-state index is 13.1. The third kappa shape index (κ3) is 5.00. The zero-order chi connectivity index (χ0) is 23.6. The monoisotopic (exact) mass is 459 g/mol. The van der Waals surface area contributed by atoms with E-state index in [-0.39, 0.29) is 12.2 Å². The van der Waals surface area contributed by atoms with Crippen molar-refractivity contribution in [3.8, 4) is 17.2 Å². The summed E-state index contributed by atoms with van der Waals surface area (Å²) in [6.45, 7) is 2.70. The molecule has 0 unspecified atom stereocenters. The van der Waals surface area contributed by atoms with Crippen LogP contribution in [0.5, 0.6) is 11.5 Å². The predicted octanol–water partition coefficient (Wildman–Crippen LogP) is 3.30. The third-order valence-corrected chi connectivity index (χ3v) is 5.05. The van der Waals surface area contributed by atoms with E-state index in [9.17, 15) is 22.8 Å². The molecular formula is C23H20F3N3O4. The Balaban J connectivity index is 1.50. The van der Waals surface area contributed by atoms with Gasteiger partial charge < -0.3 is 14.8 Å². The number of nitrogens with zero attached hydrogens (tertiary/aromatic N) is 2. The molecule has 3 aromatic rings. The number of nitrogens with one attached hydrogen (secondary N) is 1. The van der Waals surface area contributed by atoms with Gasteiger partial charge in [0.25, 0.3) is 5.91 Å². The molecule has 1 N–H and O–H groups in total. The van der Waals surface area contributed by atoms with Crippen LogP contribution < -0.4 is 20.2 Å². The second kappa shape index (κ2) is 8.97. The van der Waals surface area contributed by atoms with Gasteiger partial charge in [-0.3, -0.25) is 9.59 Å². The first kappa shape index (κ1) is 22.4. The van der Waals surface area contributed by atoms with Crippen molar-refractivity contribution in [3.63, 3.8) is 0 Å². The summed E-state index contributed by atoms with van der Waals surface area (Å²) in [7, 11) is 0. The van der Waals surface area contributed by atoms with Gasteiger partial charge in [-0.1, -0.05) is 12.1 Å². The number of carbonyl (C=O) groups is 1. The number of fused-ring (bicyclic) bond motifs is 1. The number of amides is 1. The molecule has 1 aliphatic heterocycles. The minimum Gasteiger partial charge on any atom is -0.486 e. The number of aromatic nitrogens is 2. The molecule has 0 spiro atoms. The van der Waals surface area contributed by atoms with Gasteiger partial charge in [-0.05, 0) is 49.2 Å². The molecule has 1 aliphatic rings. The number of halogens is 3. The van der Waals surface area contributed by atoms with E-state index in [1.54, 1.807) is 6.07 Å². The quantitative estimate of drug-likeness (QED) is 0.633. The Bertz CT molecular complexity index is 1250. The van der Waals surface area contributed by atoms with Crippen LogP contribution in [-0.4, -0.2) is 35.4 Å². The van der Waals surface area contributed by atoms with Gasteiger partial charge in [0, 0.05) is 18.3 Å². The minimum absolute atomic E-state index is 0.0904. The molecule has 0 atom stereocenters. The second-order valence-corrected chi connectivity index (χ2v) is 7.44. The summed E-state index contributed by atoms with van der Waals surface area (Å²) < 4.78 is 51.4. The van der Waals surface area contributed by atoms with Gasteiger partial charge >= 0.3 is 6.18 Å². The lowest BCUT2D eigenvalue weighted by Gasteiger charge is -2.18. The third-order valence-electron chi connectivity index (χ3n) is 5.05. The van der Waals surface area contributed by atoms with Gasteiger partial charge in [0.2, 0.25) is 5.43 Å². The lowest BCUT2D eigenvalue weighted by atomic mass is 10.1. The van der Waals surface area contributed by atoms with Gasteiger partial charge in [0.1, 0.15) is 13.2 Å². The maximum absolute atomic E-state index is 13.1. The highest BCUT2D eigenvalue weighted by molar-refractivity contribution is 5.92. The van der Waals surface area contributed by atoms with Gasteiger partial charge in [-0.25, -0.2) is 4.68 Å². The minimum atomic E-state index is -4.53. The Morgan fingerprint density at radius 2 is 1.85 bits per heavy atom. The van der Waals surface area contributed by atoms with Crippen molar-refractivity contribution in [1.29, 1.82) is 0 Å². The number of carbonyl (C=O) groups excluding carboxylic acids is 1. The Morgan fingerprint density at radius 3 is 2.61 bits per heavy atom. The number of hydrogen-bond acceptors (Lipinski definition) is 5. The van der Waals surface area contributed by atoms with Crippen LogP contribution in [0.4, 0.5) is 13.2 Å². The molecule has 0 saturated heterocycles. The van der Waals surface area contributed by atoms with E-state index < -0.39 is 28.8 Å². The van der Waals surface area contributed by atoms with Crippen molar-refractivity contribution < 1.29 is 27.4 Å². The lowest BCUT2D eigenvalue weighted by Crippen LogP contribution is -2.33. The first-order valence-electron chi connectivity index (χ1n) is 10.2. The lowest BCUT2D eigenvalue weighted by molar-refractivity contribution is -0.137. The van der Waals surface area contributed by atoms with E-state index in [0.29, 0.717) is 36.8 Å². The Morgan fingerprint density at radius 1 is 1.09 bits per heavy atom. The fourth-order valence-electron chi connectivity index (χ4n) is 3.43. The Hall–Kier alpha value is -3.82. The maximum Gasteiger partial charge on any atom is 0.416 e. The highest BCUT2D eigenvalue weighted by Crippen LogP contribution is 2.31. The molecule has 7 nitrogen and oxygen atoms in total. The topological polar surface area (TPSA) is 82.5 Å². The molecule has 4 rings (SSSR count). The fourth-order valence-corrected chi connectivity index (χ4v) is 3.43. The molecule has 0 saturated carbocycles. The summed E-state index contributed by atoms with van der Waals surface area (Å²) in [4.78, 5) is 24.9. The van der Waals surface area contributed by atoms with E-state index in [1.807, 2.05) is 12.1 Å².